The van der Waals surface area contributed by atoms with Gasteiger partial charge in [0.2, 0.25) is 5.91 Å². The van der Waals surface area contributed by atoms with Gasteiger partial charge in [-0.3, -0.25) is 19.1 Å². The fraction of sp³-hybridized carbons (Fsp3) is 0.353. The zero-order chi connectivity index (χ0) is 17.9. The van der Waals surface area contributed by atoms with Crippen molar-refractivity contribution < 1.29 is 4.79 Å². The first-order valence-electron chi connectivity index (χ1n) is 7.74. The lowest BCUT2D eigenvalue weighted by molar-refractivity contribution is -0.119. The Bertz CT molecular complexity index is 837. The molecular weight excluding hydrogens is 308 g/mol. The maximum Gasteiger partial charge on any atom is 0.330 e. The van der Waals surface area contributed by atoms with E-state index in [0.717, 1.165) is 5.56 Å². The molecule has 2 aromatic rings. The number of carbonyl (C=O) groups excluding carboxylic acids is 1. The van der Waals surface area contributed by atoms with Gasteiger partial charge in [-0.15, -0.1) is 0 Å². The van der Waals surface area contributed by atoms with Gasteiger partial charge in [0.1, 0.15) is 5.82 Å². The Morgan fingerprint density at radius 3 is 2.46 bits per heavy atom. The topological polar surface area (TPSA) is 101 Å². The first kappa shape index (κ1) is 17.5. The summed E-state index contributed by atoms with van der Waals surface area (Å²) in [4.78, 5) is 40.0. The Morgan fingerprint density at radius 1 is 1.25 bits per heavy atom. The molecule has 7 heteroatoms. The summed E-state index contributed by atoms with van der Waals surface area (Å²) in [5, 5.41) is 0. The zero-order valence-corrected chi connectivity index (χ0v) is 14.1. The summed E-state index contributed by atoms with van der Waals surface area (Å²) in [5.74, 6) is -0.102. The average molecular weight is 330 g/mol. The van der Waals surface area contributed by atoms with Crippen LogP contribution < -0.4 is 21.9 Å². The fourth-order valence-electron chi connectivity index (χ4n) is 2.44. The van der Waals surface area contributed by atoms with Gasteiger partial charge in [0.15, 0.2) is 5.69 Å². The van der Waals surface area contributed by atoms with E-state index in [-0.39, 0.29) is 36.3 Å². The predicted octanol–water partition coefficient (Wildman–Crippen LogP) is 1.18. The normalized spacial score (nSPS) is 10.8. The van der Waals surface area contributed by atoms with Crippen LogP contribution in [0.5, 0.6) is 0 Å². The van der Waals surface area contributed by atoms with Crippen molar-refractivity contribution in [2.45, 2.75) is 26.8 Å². The molecule has 0 saturated carbocycles. The molecule has 3 N–H and O–H groups in total. The Hall–Kier alpha value is -2.83. The lowest BCUT2D eigenvalue weighted by Crippen LogP contribution is -2.39. The highest BCUT2D eigenvalue weighted by atomic mass is 16.2. The van der Waals surface area contributed by atoms with Crippen molar-refractivity contribution in [3.05, 3.63) is 56.7 Å². The third-order valence-corrected chi connectivity index (χ3v) is 3.69. The maximum absolute atomic E-state index is 12.2. The van der Waals surface area contributed by atoms with E-state index >= 15 is 0 Å². The monoisotopic (exact) mass is 330 g/mol. The standard InChI is InChI=1S/C17H22N4O3/c1-11(2)9-13(22)20(3)14-15(18)21(17(24)19-16(14)23)10-12-7-5-4-6-8-12/h4-8,11H,9-10,18H2,1-3H3,(H,19,23,24). The van der Waals surface area contributed by atoms with Crippen LogP contribution in [-0.4, -0.2) is 22.5 Å². The number of nitrogen functional groups attached to an aromatic ring is 1. The molecule has 0 saturated heterocycles. The van der Waals surface area contributed by atoms with E-state index in [0.29, 0.717) is 0 Å². The molecule has 128 valence electrons. The number of hydrogen-bond acceptors (Lipinski definition) is 4. The summed E-state index contributed by atoms with van der Waals surface area (Å²) in [6.07, 6.45) is 0.285. The summed E-state index contributed by atoms with van der Waals surface area (Å²) in [6.45, 7) is 4.03. The second-order valence-electron chi connectivity index (χ2n) is 6.12. The third-order valence-electron chi connectivity index (χ3n) is 3.69. The number of H-pyrrole nitrogens is 1. The van der Waals surface area contributed by atoms with E-state index < -0.39 is 11.2 Å². The Kier molecular flexibility index (Phi) is 5.23. The van der Waals surface area contributed by atoms with Crippen LogP contribution in [0, 0.1) is 5.92 Å². The quantitative estimate of drug-likeness (QED) is 0.859. The number of nitrogens with one attached hydrogen (secondary N) is 1. The number of amides is 1. The molecule has 0 aliphatic heterocycles. The van der Waals surface area contributed by atoms with Crippen LogP contribution >= 0.6 is 0 Å². The Balaban J connectivity index is 2.46. The number of aromatic nitrogens is 2. The fourth-order valence-corrected chi connectivity index (χ4v) is 2.44. The zero-order valence-electron chi connectivity index (χ0n) is 14.1. The van der Waals surface area contributed by atoms with E-state index in [4.69, 9.17) is 5.73 Å². The molecule has 1 aromatic carbocycles. The second kappa shape index (κ2) is 7.16. The summed E-state index contributed by atoms with van der Waals surface area (Å²) in [6, 6.07) is 9.27. The number of hydrogen-bond donors (Lipinski definition) is 2. The predicted molar refractivity (Wildman–Crippen MR) is 94.1 cm³/mol. The molecule has 0 unspecified atom stereocenters. The van der Waals surface area contributed by atoms with Crippen LogP contribution in [0.1, 0.15) is 25.8 Å². The van der Waals surface area contributed by atoms with Crippen LogP contribution in [0.4, 0.5) is 11.5 Å². The Morgan fingerprint density at radius 2 is 1.88 bits per heavy atom. The van der Waals surface area contributed by atoms with E-state index in [2.05, 4.69) is 4.98 Å². The van der Waals surface area contributed by atoms with Gasteiger partial charge < -0.3 is 10.6 Å². The van der Waals surface area contributed by atoms with Crippen LogP contribution in [0.2, 0.25) is 0 Å². The van der Waals surface area contributed by atoms with E-state index in [1.54, 1.807) is 0 Å². The molecule has 1 heterocycles. The van der Waals surface area contributed by atoms with Gasteiger partial charge in [-0.25, -0.2) is 4.79 Å². The number of nitrogens with zero attached hydrogens (tertiary/aromatic N) is 2. The van der Waals surface area contributed by atoms with Crippen LogP contribution in [0.15, 0.2) is 39.9 Å². The van der Waals surface area contributed by atoms with Gasteiger partial charge in [-0.05, 0) is 11.5 Å². The first-order valence-corrected chi connectivity index (χ1v) is 7.74. The molecule has 0 atom stereocenters. The molecule has 0 spiro atoms. The number of benzene rings is 1. The van der Waals surface area contributed by atoms with Crippen LogP contribution in [0.3, 0.4) is 0 Å². The van der Waals surface area contributed by atoms with E-state index in [1.165, 1.54) is 16.5 Å². The number of carbonyl (C=O) groups is 1. The van der Waals surface area contributed by atoms with Crippen molar-refractivity contribution in [3.8, 4) is 0 Å². The summed E-state index contributed by atoms with van der Waals surface area (Å²) < 4.78 is 1.26. The molecular formula is C17H22N4O3. The number of aromatic amines is 1. The number of nitrogens with two attached hydrogens (primary N) is 1. The highest BCUT2D eigenvalue weighted by Gasteiger charge is 2.21. The van der Waals surface area contributed by atoms with Gasteiger partial charge >= 0.3 is 5.69 Å². The lowest BCUT2D eigenvalue weighted by Gasteiger charge is -2.21. The minimum absolute atomic E-state index is 0.00354. The highest BCUT2D eigenvalue weighted by Crippen LogP contribution is 2.18. The van der Waals surface area contributed by atoms with Gasteiger partial charge in [-0.1, -0.05) is 44.2 Å². The van der Waals surface area contributed by atoms with Gasteiger partial charge in [-0.2, -0.15) is 0 Å². The summed E-state index contributed by atoms with van der Waals surface area (Å²) >= 11 is 0. The lowest BCUT2D eigenvalue weighted by atomic mass is 10.1. The molecule has 24 heavy (non-hydrogen) atoms. The molecule has 0 aliphatic rings. The van der Waals surface area contributed by atoms with Crippen molar-refractivity contribution in [1.29, 1.82) is 0 Å². The van der Waals surface area contributed by atoms with Crippen molar-refractivity contribution >= 4 is 17.4 Å². The largest absolute Gasteiger partial charge is 0.383 e. The third kappa shape index (κ3) is 3.73. The smallest absolute Gasteiger partial charge is 0.330 e. The van der Waals surface area contributed by atoms with E-state index in [9.17, 15) is 14.4 Å². The van der Waals surface area contributed by atoms with Gasteiger partial charge in [0.05, 0.1) is 6.54 Å². The molecule has 7 nitrogen and oxygen atoms in total. The van der Waals surface area contributed by atoms with Gasteiger partial charge in [0.25, 0.3) is 5.56 Å². The molecule has 0 radical (unpaired) electrons. The summed E-state index contributed by atoms with van der Waals surface area (Å²) in [7, 11) is 1.49. The second-order valence-corrected chi connectivity index (χ2v) is 6.12. The molecule has 1 aromatic heterocycles. The van der Waals surface area contributed by atoms with Crippen molar-refractivity contribution in [2.75, 3.05) is 17.7 Å². The maximum atomic E-state index is 12.2. The molecule has 0 aliphatic carbocycles. The first-order chi connectivity index (χ1) is 11.3. The van der Waals surface area contributed by atoms with Gasteiger partial charge in [0, 0.05) is 13.5 Å². The molecule has 1 amide bonds. The van der Waals surface area contributed by atoms with Crippen LogP contribution in [-0.2, 0) is 11.3 Å². The SMILES string of the molecule is CC(C)CC(=O)N(C)c1c(N)n(Cc2ccccc2)c(=O)[nH]c1=O. The van der Waals surface area contributed by atoms with Crippen molar-refractivity contribution in [1.82, 2.24) is 9.55 Å². The highest BCUT2D eigenvalue weighted by molar-refractivity contribution is 5.95. The minimum atomic E-state index is -0.665. The van der Waals surface area contributed by atoms with Crippen molar-refractivity contribution in [3.63, 3.8) is 0 Å². The number of anilines is 2. The van der Waals surface area contributed by atoms with Crippen LogP contribution in [0.25, 0.3) is 0 Å². The molecule has 2 rings (SSSR count). The number of rotatable bonds is 5. The average Bonchev–Trinajstić information content (AvgIpc) is 2.51. The van der Waals surface area contributed by atoms with Crippen molar-refractivity contribution in [2.24, 2.45) is 5.92 Å². The molecule has 0 bridgehead atoms. The summed E-state index contributed by atoms with van der Waals surface area (Å²) in [5.41, 5.74) is 5.64. The minimum Gasteiger partial charge on any atom is -0.383 e. The van der Waals surface area contributed by atoms with E-state index in [1.807, 2.05) is 44.2 Å². The Labute approximate surface area is 139 Å². The molecule has 0 fully saturated rings.